The number of benzene rings is 2. The number of carbonyl (C=O) groups excluding carboxylic acids is 1. The maximum Gasteiger partial charge on any atom is 0.238 e. The quantitative estimate of drug-likeness (QED) is 0.748. The number of amides is 1. The molecule has 0 heterocycles. The number of halogens is 1. The fourth-order valence-electron chi connectivity index (χ4n) is 2.55. The minimum absolute atomic E-state index is 0.00341. The lowest BCUT2D eigenvalue weighted by molar-refractivity contribution is -0.117. The second kappa shape index (κ2) is 9.02. The van der Waals surface area contributed by atoms with Gasteiger partial charge in [-0.1, -0.05) is 25.1 Å². The third-order valence-electron chi connectivity index (χ3n) is 4.07. The molecule has 5 heteroatoms. The number of hydrogen-bond donors (Lipinski definition) is 1. The van der Waals surface area contributed by atoms with Gasteiger partial charge in [0.05, 0.1) is 12.2 Å². The molecule has 2 aromatic rings. The smallest absolute Gasteiger partial charge is 0.238 e. The molecule has 0 unspecified atom stereocenters. The summed E-state index contributed by atoms with van der Waals surface area (Å²) in [4.78, 5) is 16.6. The Morgan fingerprint density at radius 3 is 2.36 bits per heavy atom. The zero-order valence-corrected chi connectivity index (χ0v) is 16.9. The normalized spacial score (nSPS) is 10.8. The highest BCUT2D eigenvalue weighted by Gasteiger charge is 2.11. The second-order valence-electron chi connectivity index (χ2n) is 6.40. The maximum atomic E-state index is 12.4. The molecule has 0 fully saturated rings. The molecule has 0 spiro atoms. The fraction of sp³-hybridized carbons (Fsp3) is 0.350. The third kappa shape index (κ3) is 5.87. The van der Waals surface area contributed by atoms with Gasteiger partial charge in [0, 0.05) is 30.8 Å². The van der Waals surface area contributed by atoms with Crippen molar-refractivity contribution in [3.63, 3.8) is 0 Å². The Kier molecular flexibility index (Phi) is 7.02. The lowest BCUT2D eigenvalue weighted by Gasteiger charge is -2.21. The van der Waals surface area contributed by atoms with Gasteiger partial charge >= 0.3 is 0 Å². The van der Waals surface area contributed by atoms with Crippen molar-refractivity contribution in [3.8, 4) is 0 Å². The van der Waals surface area contributed by atoms with Crippen LogP contribution in [0.4, 0.5) is 11.4 Å². The van der Waals surface area contributed by atoms with Crippen LogP contribution in [0.25, 0.3) is 0 Å². The molecule has 2 aromatic carbocycles. The molecule has 2 rings (SSSR count). The van der Waals surface area contributed by atoms with E-state index in [9.17, 15) is 4.79 Å². The zero-order chi connectivity index (χ0) is 18.4. The van der Waals surface area contributed by atoms with E-state index in [4.69, 9.17) is 0 Å². The lowest BCUT2D eigenvalue weighted by atomic mass is 10.2. The van der Waals surface area contributed by atoms with Crippen LogP contribution in [0.1, 0.15) is 18.1 Å². The molecular formula is C20H26BrN3O. The molecule has 1 amide bonds. The maximum absolute atomic E-state index is 12.4. The Morgan fingerprint density at radius 2 is 1.80 bits per heavy atom. The number of likely N-dealkylation sites (N-methyl/N-ethyl adjacent to an activating group) is 1. The summed E-state index contributed by atoms with van der Waals surface area (Å²) in [6.45, 7) is 6.04. The van der Waals surface area contributed by atoms with Crippen LogP contribution in [-0.4, -0.2) is 38.0 Å². The number of carbonyl (C=O) groups is 1. The summed E-state index contributed by atoms with van der Waals surface area (Å²) in [7, 11) is 4.06. The van der Waals surface area contributed by atoms with Crippen LogP contribution in [0.3, 0.4) is 0 Å². The molecule has 25 heavy (non-hydrogen) atoms. The highest BCUT2D eigenvalue weighted by atomic mass is 79.9. The average molecular weight is 404 g/mol. The molecule has 0 aliphatic heterocycles. The largest absolute Gasteiger partial charge is 0.378 e. The van der Waals surface area contributed by atoms with E-state index in [2.05, 4.69) is 62.2 Å². The van der Waals surface area contributed by atoms with E-state index < -0.39 is 0 Å². The van der Waals surface area contributed by atoms with Gasteiger partial charge in [0.15, 0.2) is 0 Å². The number of nitrogens with one attached hydrogen (secondary N) is 1. The van der Waals surface area contributed by atoms with Gasteiger partial charge in [-0.3, -0.25) is 9.69 Å². The first-order chi connectivity index (χ1) is 11.9. The number of anilines is 2. The van der Waals surface area contributed by atoms with Crippen LogP contribution in [0, 0.1) is 6.92 Å². The highest BCUT2D eigenvalue weighted by Crippen LogP contribution is 2.23. The second-order valence-corrected chi connectivity index (χ2v) is 7.25. The van der Waals surface area contributed by atoms with Crippen molar-refractivity contribution < 1.29 is 4.79 Å². The molecule has 0 saturated carbocycles. The Hall–Kier alpha value is -1.85. The van der Waals surface area contributed by atoms with Crippen molar-refractivity contribution in [2.45, 2.75) is 20.4 Å². The van der Waals surface area contributed by atoms with Crippen LogP contribution >= 0.6 is 15.9 Å². The SMILES string of the molecule is CCN(CC(=O)Nc1ccc(C)cc1Br)Cc1ccc(N(C)C)cc1. The van der Waals surface area contributed by atoms with Crippen LogP contribution in [-0.2, 0) is 11.3 Å². The van der Waals surface area contributed by atoms with Gasteiger partial charge in [0.2, 0.25) is 5.91 Å². The minimum atomic E-state index is -0.00341. The van der Waals surface area contributed by atoms with Crippen LogP contribution in [0.5, 0.6) is 0 Å². The standard InChI is InChI=1S/C20H26BrN3O/c1-5-24(13-16-7-9-17(10-8-16)23(3)4)14-20(25)22-19-11-6-15(2)12-18(19)21/h6-12H,5,13-14H2,1-4H3,(H,22,25). The Morgan fingerprint density at radius 1 is 1.12 bits per heavy atom. The van der Waals surface area contributed by atoms with Crippen molar-refractivity contribution in [1.82, 2.24) is 4.90 Å². The van der Waals surface area contributed by atoms with Gasteiger partial charge < -0.3 is 10.2 Å². The van der Waals surface area contributed by atoms with Crippen molar-refractivity contribution >= 4 is 33.2 Å². The molecule has 0 aromatic heterocycles. The van der Waals surface area contributed by atoms with Crippen molar-refractivity contribution in [1.29, 1.82) is 0 Å². The average Bonchev–Trinajstić information content (AvgIpc) is 2.57. The summed E-state index contributed by atoms with van der Waals surface area (Å²) >= 11 is 3.50. The number of aryl methyl sites for hydroxylation is 1. The molecule has 0 atom stereocenters. The van der Waals surface area contributed by atoms with Crippen molar-refractivity contribution in [3.05, 3.63) is 58.1 Å². The summed E-state index contributed by atoms with van der Waals surface area (Å²) < 4.78 is 0.906. The van der Waals surface area contributed by atoms with E-state index in [-0.39, 0.29) is 5.91 Å². The summed E-state index contributed by atoms with van der Waals surface area (Å²) in [6.07, 6.45) is 0. The Labute approximate surface area is 159 Å². The van der Waals surface area contributed by atoms with Gasteiger partial charge in [-0.2, -0.15) is 0 Å². The molecular weight excluding hydrogens is 378 g/mol. The molecule has 0 aliphatic rings. The Bertz CT molecular complexity index is 713. The number of nitrogens with zero attached hydrogens (tertiary/aromatic N) is 2. The van der Waals surface area contributed by atoms with Crippen molar-refractivity contribution in [2.75, 3.05) is 37.4 Å². The molecule has 4 nitrogen and oxygen atoms in total. The third-order valence-corrected chi connectivity index (χ3v) is 4.73. The van der Waals surface area contributed by atoms with Gasteiger partial charge in [0.1, 0.15) is 0 Å². The molecule has 0 radical (unpaired) electrons. The summed E-state index contributed by atoms with van der Waals surface area (Å²) in [5.74, 6) is -0.00341. The lowest BCUT2D eigenvalue weighted by Crippen LogP contribution is -2.32. The number of rotatable bonds is 7. The first-order valence-electron chi connectivity index (χ1n) is 8.43. The van der Waals surface area contributed by atoms with Gasteiger partial charge in [0.25, 0.3) is 0 Å². The first-order valence-corrected chi connectivity index (χ1v) is 9.23. The summed E-state index contributed by atoms with van der Waals surface area (Å²) in [6, 6.07) is 14.4. The van der Waals surface area contributed by atoms with Gasteiger partial charge in [-0.15, -0.1) is 0 Å². The van der Waals surface area contributed by atoms with Crippen LogP contribution in [0.2, 0.25) is 0 Å². The summed E-state index contributed by atoms with van der Waals surface area (Å²) in [5.41, 5.74) is 4.34. The first kappa shape index (κ1) is 19.5. The predicted molar refractivity (Wildman–Crippen MR) is 109 cm³/mol. The topological polar surface area (TPSA) is 35.6 Å². The number of hydrogen-bond acceptors (Lipinski definition) is 3. The minimum Gasteiger partial charge on any atom is -0.378 e. The summed E-state index contributed by atoms with van der Waals surface area (Å²) in [5, 5.41) is 2.98. The van der Waals surface area contributed by atoms with E-state index in [1.807, 2.05) is 39.2 Å². The molecule has 0 bridgehead atoms. The van der Waals surface area contributed by atoms with E-state index in [0.29, 0.717) is 6.54 Å². The van der Waals surface area contributed by atoms with E-state index >= 15 is 0 Å². The van der Waals surface area contributed by atoms with Gasteiger partial charge in [-0.25, -0.2) is 0 Å². The monoisotopic (exact) mass is 403 g/mol. The van der Waals surface area contributed by atoms with Crippen LogP contribution in [0.15, 0.2) is 46.9 Å². The zero-order valence-electron chi connectivity index (χ0n) is 15.3. The fourth-order valence-corrected chi connectivity index (χ4v) is 3.14. The van der Waals surface area contributed by atoms with Crippen LogP contribution < -0.4 is 10.2 Å². The van der Waals surface area contributed by atoms with E-state index in [1.165, 1.54) is 11.3 Å². The van der Waals surface area contributed by atoms with E-state index in [0.717, 1.165) is 28.8 Å². The molecule has 0 saturated heterocycles. The predicted octanol–water partition coefficient (Wildman–Crippen LogP) is 4.28. The Balaban J connectivity index is 1.95. The van der Waals surface area contributed by atoms with Gasteiger partial charge in [-0.05, 0) is 64.8 Å². The van der Waals surface area contributed by atoms with Crippen molar-refractivity contribution in [2.24, 2.45) is 0 Å². The highest BCUT2D eigenvalue weighted by molar-refractivity contribution is 9.10. The molecule has 1 N–H and O–H groups in total. The molecule has 0 aliphatic carbocycles. The van der Waals surface area contributed by atoms with E-state index in [1.54, 1.807) is 0 Å². The molecule has 134 valence electrons.